The number of hydrogen-bond acceptors (Lipinski definition) is 5. The zero-order valence-electron chi connectivity index (χ0n) is 9.70. The summed E-state index contributed by atoms with van der Waals surface area (Å²) in [5.74, 6) is -1.06. The molecule has 92 valence electrons. The molecule has 1 unspecified atom stereocenters. The van der Waals surface area contributed by atoms with Crippen LogP contribution in [0, 0.1) is 11.3 Å². The number of oxazole rings is 1. The van der Waals surface area contributed by atoms with E-state index in [2.05, 4.69) is 21.0 Å². The highest BCUT2D eigenvalue weighted by molar-refractivity contribution is 5.73. The normalized spacial score (nSPS) is 12.2. The van der Waals surface area contributed by atoms with Crippen LogP contribution in [0.2, 0.25) is 0 Å². The summed E-state index contributed by atoms with van der Waals surface area (Å²) in [6.07, 6.45) is 4.63. The lowest BCUT2D eigenvalue weighted by Crippen LogP contribution is -2.01. The smallest absolute Gasteiger partial charge is 0.408 e. The summed E-state index contributed by atoms with van der Waals surface area (Å²) >= 11 is 0. The minimum Gasteiger partial charge on any atom is -0.408 e. The molecule has 0 fully saturated rings. The lowest BCUT2D eigenvalue weighted by Gasteiger charge is -2.07. The quantitative estimate of drug-likeness (QED) is 0.746. The first-order valence-electron chi connectivity index (χ1n) is 5.56. The SMILES string of the molecule is N#CC(c1ccc2[nH]c(=O)oc2c1)c1cnccn1. The Morgan fingerprint density at radius 3 is 3.00 bits per heavy atom. The van der Waals surface area contributed by atoms with E-state index in [1.807, 2.05) is 0 Å². The van der Waals surface area contributed by atoms with Crippen molar-refractivity contribution < 1.29 is 4.42 Å². The standard InChI is InChI=1S/C13H8N4O2/c14-6-9(11-7-15-3-4-16-11)8-1-2-10-12(5-8)19-13(18)17-10/h1-5,7,9H,(H,17,18). The van der Waals surface area contributed by atoms with E-state index >= 15 is 0 Å². The first-order chi connectivity index (χ1) is 9.28. The fourth-order valence-electron chi connectivity index (χ4n) is 1.91. The molecule has 6 heteroatoms. The molecular formula is C13H8N4O2. The van der Waals surface area contributed by atoms with Gasteiger partial charge in [-0.3, -0.25) is 15.0 Å². The lowest BCUT2D eigenvalue weighted by molar-refractivity contribution is 0.555. The predicted octanol–water partition coefficient (Wildman–Crippen LogP) is 1.57. The third-order valence-electron chi connectivity index (χ3n) is 2.79. The van der Waals surface area contributed by atoms with Crippen molar-refractivity contribution in [1.82, 2.24) is 15.0 Å². The molecule has 6 nitrogen and oxygen atoms in total. The number of hydrogen-bond donors (Lipinski definition) is 1. The van der Waals surface area contributed by atoms with E-state index in [0.717, 1.165) is 0 Å². The summed E-state index contributed by atoms with van der Waals surface area (Å²) in [5, 5.41) is 9.29. The van der Waals surface area contributed by atoms with Crippen molar-refractivity contribution in [3.63, 3.8) is 0 Å². The fraction of sp³-hybridized carbons (Fsp3) is 0.0769. The van der Waals surface area contributed by atoms with Crippen molar-refractivity contribution in [3.05, 3.63) is 58.6 Å². The van der Waals surface area contributed by atoms with Gasteiger partial charge in [-0.25, -0.2) is 4.79 Å². The molecule has 3 rings (SSSR count). The fourth-order valence-corrected chi connectivity index (χ4v) is 1.91. The zero-order valence-corrected chi connectivity index (χ0v) is 9.70. The number of aromatic nitrogens is 3. The van der Waals surface area contributed by atoms with Crippen LogP contribution in [-0.2, 0) is 0 Å². The zero-order chi connectivity index (χ0) is 13.2. The number of aromatic amines is 1. The van der Waals surface area contributed by atoms with Crippen LogP contribution in [0.5, 0.6) is 0 Å². The Morgan fingerprint density at radius 1 is 1.37 bits per heavy atom. The Balaban J connectivity index is 2.12. The molecule has 0 saturated carbocycles. The van der Waals surface area contributed by atoms with Crippen molar-refractivity contribution in [2.75, 3.05) is 0 Å². The minimum absolute atomic E-state index is 0.423. The van der Waals surface area contributed by atoms with Crippen LogP contribution in [0.15, 0.2) is 46.0 Å². The molecule has 0 aliphatic heterocycles. The summed E-state index contributed by atoms with van der Waals surface area (Å²) in [7, 11) is 0. The second kappa shape index (κ2) is 4.38. The molecule has 1 atom stereocenters. The summed E-state index contributed by atoms with van der Waals surface area (Å²) in [5.41, 5.74) is 2.29. The van der Waals surface area contributed by atoms with Crippen molar-refractivity contribution in [2.45, 2.75) is 5.92 Å². The van der Waals surface area contributed by atoms with Gasteiger partial charge in [-0.1, -0.05) is 6.07 Å². The second-order valence-corrected chi connectivity index (χ2v) is 3.96. The first-order valence-corrected chi connectivity index (χ1v) is 5.56. The Hall–Kier alpha value is -2.94. The summed E-state index contributed by atoms with van der Waals surface area (Å²) in [6.45, 7) is 0. The van der Waals surface area contributed by atoms with Crippen molar-refractivity contribution in [3.8, 4) is 6.07 Å². The minimum atomic E-state index is -0.543. The Morgan fingerprint density at radius 2 is 2.26 bits per heavy atom. The van der Waals surface area contributed by atoms with Gasteiger partial charge in [-0.2, -0.15) is 5.26 Å². The third-order valence-corrected chi connectivity index (χ3v) is 2.79. The largest absolute Gasteiger partial charge is 0.417 e. The number of nitrogens with zero attached hydrogens (tertiary/aromatic N) is 3. The summed E-state index contributed by atoms with van der Waals surface area (Å²) in [6, 6.07) is 7.30. The molecular weight excluding hydrogens is 244 g/mol. The summed E-state index contributed by atoms with van der Waals surface area (Å²) in [4.78, 5) is 21.7. The number of rotatable bonds is 2. The van der Waals surface area contributed by atoms with Crippen LogP contribution in [-0.4, -0.2) is 15.0 Å². The molecule has 3 aromatic rings. The molecule has 0 spiro atoms. The second-order valence-electron chi connectivity index (χ2n) is 3.96. The lowest BCUT2D eigenvalue weighted by atomic mass is 9.97. The van der Waals surface area contributed by atoms with Gasteiger partial charge in [0.25, 0.3) is 0 Å². The van der Waals surface area contributed by atoms with Gasteiger partial charge in [0.15, 0.2) is 5.58 Å². The van der Waals surface area contributed by atoms with Gasteiger partial charge >= 0.3 is 5.76 Å². The van der Waals surface area contributed by atoms with Crippen LogP contribution in [0.4, 0.5) is 0 Å². The molecule has 2 aromatic heterocycles. The van der Waals surface area contributed by atoms with E-state index in [-0.39, 0.29) is 0 Å². The van der Waals surface area contributed by atoms with Crippen LogP contribution in [0.3, 0.4) is 0 Å². The Bertz CT molecular complexity index is 814. The molecule has 0 radical (unpaired) electrons. The van der Waals surface area contributed by atoms with Gasteiger partial charge < -0.3 is 4.42 Å². The maximum atomic E-state index is 11.1. The van der Waals surface area contributed by atoms with Crippen LogP contribution < -0.4 is 5.76 Å². The average Bonchev–Trinajstić information content (AvgIpc) is 2.80. The molecule has 0 aliphatic rings. The van der Waals surface area contributed by atoms with E-state index in [4.69, 9.17) is 4.42 Å². The van der Waals surface area contributed by atoms with Crippen LogP contribution >= 0.6 is 0 Å². The van der Waals surface area contributed by atoms with E-state index in [1.165, 1.54) is 6.20 Å². The van der Waals surface area contributed by atoms with Crippen molar-refractivity contribution in [1.29, 1.82) is 5.26 Å². The molecule has 1 N–H and O–H groups in total. The van der Waals surface area contributed by atoms with E-state index < -0.39 is 11.7 Å². The predicted molar refractivity (Wildman–Crippen MR) is 66.3 cm³/mol. The molecule has 0 bridgehead atoms. The Labute approximate surface area is 107 Å². The molecule has 1 aromatic carbocycles. The van der Waals surface area contributed by atoms with Gasteiger partial charge in [-0.15, -0.1) is 0 Å². The molecule has 0 aliphatic carbocycles. The van der Waals surface area contributed by atoms with Crippen LogP contribution in [0.1, 0.15) is 17.2 Å². The van der Waals surface area contributed by atoms with Gasteiger partial charge in [0.2, 0.25) is 0 Å². The van der Waals surface area contributed by atoms with Crippen molar-refractivity contribution in [2.24, 2.45) is 0 Å². The maximum Gasteiger partial charge on any atom is 0.417 e. The molecule has 2 heterocycles. The van der Waals surface area contributed by atoms with Gasteiger partial charge in [0.1, 0.15) is 5.92 Å². The maximum absolute atomic E-state index is 11.1. The van der Waals surface area contributed by atoms with Gasteiger partial charge in [0, 0.05) is 12.4 Å². The highest BCUT2D eigenvalue weighted by Gasteiger charge is 2.16. The molecule has 19 heavy (non-hydrogen) atoms. The van der Waals surface area contributed by atoms with E-state index in [0.29, 0.717) is 22.4 Å². The number of nitriles is 1. The monoisotopic (exact) mass is 252 g/mol. The van der Waals surface area contributed by atoms with Gasteiger partial charge in [-0.05, 0) is 17.7 Å². The van der Waals surface area contributed by atoms with Gasteiger partial charge in [0.05, 0.1) is 23.5 Å². The molecule has 0 saturated heterocycles. The highest BCUT2D eigenvalue weighted by Crippen LogP contribution is 2.24. The summed E-state index contributed by atoms with van der Waals surface area (Å²) < 4.78 is 4.98. The van der Waals surface area contributed by atoms with Crippen molar-refractivity contribution >= 4 is 11.1 Å². The third kappa shape index (κ3) is 1.98. The van der Waals surface area contributed by atoms with E-state index in [9.17, 15) is 10.1 Å². The number of benzene rings is 1. The van der Waals surface area contributed by atoms with E-state index in [1.54, 1.807) is 30.6 Å². The first kappa shape index (κ1) is 11.2. The number of nitrogens with one attached hydrogen (secondary N) is 1. The highest BCUT2D eigenvalue weighted by atomic mass is 16.4. The molecule has 0 amide bonds. The van der Waals surface area contributed by atoms with Crippen LogP contribution in [0.25, 0.3) is 11.1 Å². The topological polar surface area (TPSA) is 95.6 Å². The Kier molecular flexibility index (Phi) is 2.58. The number of H-pyrrole nitrogens is 1. The average molecular weight is 252 g/mol. The number of fused-ring (bicyclic) bond motifs is 1.